The van der Waals surface area contributed by atoms with Gasteiger partial charge in [0.05, 0.1) is 18.1 Å². The fraction of sp³-hybridized carbons (Fsp3) is 0.200. The summed E-state index contributed by atoms with van der Waals surface area (Å²) in [7, 11) is 0. The summed E-state index contributed by atoms with van der Waals surface area (Å²) in [5.74, 6) is 0.841. The van der Waals surface area contributed by atoms with Crippen LogP contribution >= 0.6 is 11.3 Å². The smallest absolute Gasteiger partial charge is 0.145 e. The van der Waals surface area contributed by atoms with E-state index in [1.165, 1.54) is 10.1 Å². The summed E-state index contributed by atoms with van der Waals surface area (Å²) in [5.41, 5.74) is 2.08. The van der Waals surface area contributed by atoms with E-state index in [1.54, 1.807) is 17.5 Å². The molecule has 2 aromatic heterocycles. The Labute approximate surface area is 116 Å². The van der Waals surface area contributed by atoms with Gasteiger partial charge in [-0.25, -0.2) is 4.98 Å². The highest BCUT2D eigenvalue weighted by Gasteiger charge is 2.07. The van der Waals surface area contributed by atoms with E-state index < -0.39 is 0 Å². The quantitative estimate of drug-likeness (QED) is 0.772. The molecule has 19 heavy (non-hydrogen) atoms. The van der Waals surface area contributed by atoms with Crippen molar-refractivity contribution in [2.24, 2.45) is 0 Å². The molecule has 0 bridgehead atoms. The van der Waals surface area contributed by atoms with Crippen LogP contribution in [0.5, 0.6) is 0 Å². The van der Waals surface area contributed by atoms with Gasteiger partial charge in [-0.2, -0.15) is 0 Å². The third kappa shape index (κ3) is 2.44. The molecule has 0 saturated heterocycles. The molecule has 0 aliphatic rings. The van der Waals surface area contributed by atoms with Gasteiger partial charge in [-0.3, -0.25) is 4.98 Å². The molecule has 96 valence electrons. The van der Waals surface area contributed by atoms with Crippen LogP contribution in [-0.4, -0.2) is 16.5 Å². The Balaban J connectivity index is 2.03. The lowest BCUT2D eigenvalue weighted by atomic mass is 10.1. The Morgan fingerprint density at radius 2 is 2.16 bits per heavy atom. The Hall–Kier alpha value is -1.94. The fourth-order valence-corrected chi connectivity index (χ4v) is 2.95. The van der Waals surface area contributed by atoms with Gasteiger partial charge in [0.15, 0.2) is 0 Å². The van der Waals surface area contributed by atoms with Gasteiger partial charge in [0.25, 0.3) is 0 Å². The maximum absolute atomic E-state index is 4.64. The maximum atomic E-state index is 4.64. The highest BCUT2D eigenvalue weighted by molar-refractivity contribution is 7.17. The minimum Gasteiger partial charge on any atom is -0.369 e. The molecule has 0 saturated carbocycles. The van der Waals surface area contributed by atoms with Crippen molar-refractivity contribution in [3.05, 3.63) is 42.0 Å². The first-order chi connectivity index (χ1) is 9.38. The van der Waals surface area contributed by atoms with Crippen molar-refractivity contribution in [3.8, 4) is 11.3 Å². The Bertz CT molecular complexity index is 690. The van der Waals surface area contributed by atoms with Crippen molar-refractivity contribution in [2.45, 2.75) is 13.3 Å². The van der Waals surface area contributed by atoms with Crippen molar-refractivity contribution >= 4 is 27.2 Å². The van der Waals surface area contributed by atoms with Crippen LogP contribution in [0.15, 0.2) is 42.0 Å². The van der Waals surface area contributed by atoms with E-state index in [2.05, 4.69) is 51.9 Å². The van der Waals surface area contributed by atoms with Crippen molar-refractivity contribution in [1.29, 1.82) is 0 Å². The second kappa shape index (κ2) is 5.36. The molecular weight excluding hydrogens is 254 g/mol. The van der Waals surface area contributed by atoms with Crippen LogP contribution in [0.25, 0.3) is 21.3 Å². The standard InChI is InChI=1S/C15H15N3S/c1-2-7-17-14-10-16-9-13(18-14)12-5-3-4-11-6-8-19-15(11)12/h3-6,8-10H,2,7H2,1H3,(H,17,18). The second-order valence-electron chi connectivity index (χ2n) is 4.36. The van der Waals surface area contributed by atoms with Crippen molar-refractivity contribution in [1.82, 2.24) is 9.97 Å². The highest BCUT2D eigenvalue weighted by Crippen LogP contribution is 2.31. The zero-order chi connectivity index (χ0) is 13.1. The summed E-state index contributed by atoms with van der Waals surface area (Å²) in [4.78, 5) is 8.93. The van der Waals surface area contributed by atoms with Crippen LogP contribution in [0, 0.1) is 0 Å². The van der Waals surface area contributed by atoms with Crippen molar-refractivity contribution in [2.75, 3.05) is 11.9 Å². The molecule has 0 amide bonds. The SMILES string of the molecule is CCCNc1cncc(-c2cccc3ccsc23)n1. The monoisotopic (exact) mass is 269 g/mol. The number of hydrogen-bond donors (Lipinski definition) is 1. The van der Waals surface area contributed by atoms with E-state index >= 15 is 0 Å². The zero-order valence-electron chi connectivity index (χ0n) is 10.8. The number of aromatic nitrogens is 2. The summed E-state index contributed by atoms with van der Waals surface area (Å²) >= 11 is 1.74. The molecule has 1 N–H and O–H groups in total. The van der Waals surface area contributed by atoms with Gasteiger partial charge in [0, 0.05) is 16.8 Å². The zero-order valence-corrected chi connectivity index (χ0v) is 11.6. The molecule has 0 aliphatic heterocycles. The van der Waals surface area contributed by atoms with Crippen molar-refractivity contribution in [3.63, 3.8) is 0 Å². The first-order valence-corrected chi connectivity index (χ1v) is 7.29. The van der Waals surface area contributed by atoms with Crippen LogP contribution in [0.2, 0.25) is 0 Å². The minimum absolute atomic E-state index is 0.841. The van der Waals surface area contributed by atoms with Crippen LogP contribution in [0.3, 0.4) is 0 Å². The van der Waals surface area contributed by atoms with E-state index in [9.17, 15) is 0 Å². The Morgan fingerprint density at radius 1 is 1.21 bits per heavy atom. The van der Waals surface area contributed by atoms with E-state index in [1.807, 2.05) is 6.20 Å². The average Bonchev–Trinajstić information content (AvgIpc) is 2.93. The third-order valence-corrected chi connectivity index (χ3v) is 3.91. The molecule has 4 heteroatoms. The molecule has 3 nitrogen and oxygen atoms in total. The molecule has 0 spiro atoms. The van der Waals surface area contributed by atoms with Gasteiger partial charge in [-0.1, -0.05) is 25.1 Å². The van der Waals surface area contributed by atoms with Crippen molar-refractivity contribution < 1.29 is 0 Å². The molecule has 0 unspecified atom stereocenters. The minimum atomic E-state index is 0.841. The summed E-state index contributed by atoms with van der Waals surface area (Å²) < 4.78 is 1.27. The molecule has 0 fully saturated rings. The van der Waals surface area contributed by atoms with Gasteiger partial charge < -0.3 is 5.32 Å². The first-order valence-electron chi connectivity index (χ1n) is 6.41. The van der Waals surface area contributed by atoms with Gasteiger partial charge >= 0.3 is 0 Å². The topological polar surface area (TPSA) is 37.8 Å². The lowest BCUT2D eigenvalue weighted by Gasteiger charge is -2.06. The average molecular weight is 269 g/mol. The molecule has 0 aliphatic carbocycles. The maximum Gasteiger partial charge on any atom is 0.145 e. The molecule has 2 heterocycles. The van der Waals surface area contributed by atoms with E-state index in [0.29, 0.717) is 0 Å². The number of fused-ring (bicyclic) bond motifs is 1. The summed E-state index contributed by atoms with van der Waals surface area (Å²) in [6, 6.07) is 8.43. The number of rotatable bonds is 4. The molecule has 3 aromatic rings. The highest BCUT2D eigenvalue weighted by atomic mass is 32.1. The molecule has 0 radical (unpaired) electrons. The predicted octanol–water partition coefficient (Wildman–Crippen LogP) is 4.18. The Kier molecular flexibility index (Phi) is 3.42. The Morgan fingerprint density at radius 3 is 3.05 bits per heavy atom. The van der Waals surface area contributed by atoms with Gasteiger partial charge in [-0.05, 0) is 23.3 Å². The second-order valence-corrected chi connectivity index (χ2v) is 5.28. The van der Waals surface area contributed by atoms with E-state index in [4.69, 9.17) is 0 Å². The number of nitrogens with zero attached hydrogens (tertiary/aromatic N) is 2. The fourth-order valence-electron chi connectivity index (χ4n) is 2.03. The van der Waals surface area contributed by atoms with Crippen LogP contribution in [0.1, 0.15) is 13.3 Å². The first kappa shape index (κ1) is 12.1. The van der Waals surface area contributed by atoms with Gasteiger partial charge in [0.2, 0.25) is 0 Å². The predicted molar refractivity (Wildman–Crippen MR) is 81.6 cm³/mol. The third-order valence-electron chi connectivity index (χ3n) is 2.95. The van der Waals surface area contributed by atoms with Gasteiger partial charge in [-0.15, -0.1) is 11.3 Å². The summed E-state index contributed by atoms with van der Waals surface area (Å²) in [6.07, 6.45) is 4.67. The van der Waals surface area contributed by atoms with E-state index in [0.717, 1.165) is 30.0 Å². The molecule has 3 rings (SSSR count). The number of hydrogen-bond acceptors (Lipinski definition) is 4. The summed E-state index contributed by atoms with van der Waals surface area (Å²) in [5, 5.41) is 6.65. The molecule has 1 aromatic carbocycles. The van der Waals surface area contributed by atoms with Crippen LogP contribution < -0.4 is 5.32 Å². The van der Waals surface area contributed by atoms with E-state index in [-0.39, 0.29) is 0 Å². The van der Waals surface area contributed by atoms with Crippen LogP contribution in [-0.2, 0) is 0 Å². The lowest BCUT2D eigenvalue weighted by Crippen LogP contribution is -2.02. The molecule has 0 atom stereocenters. The van der Waals surface area contributed by atoms with Crippen LogP contribution in [0.4, 0.5) is 5.82 Å². The lowest BCUT2D eigenvalue weighted by molar-refractivity contribution is 0.965. The number of benzene rings is 1. The number of anilines is 1. The van der Waals surface area contributed by atoms with Gasteiger partial charge in [0.1, 0.15) is 5.82 Å². The normalized spacial score (nSPS) is 10.8. The largest absolute Gasteiger partial charge is 0.369 e. The number of thiophene rings is 1. The molecular formula is C15H15N3S. The number of nitrogens with one attached hydrogen (secondary N) is 1. The summed E-state index contributed by atoms with van der Waals surface area (Å²) in [6.45, 7) is 3.05.